The molecule has 0 unspecified atom stereocenters. The number of hydrogen-bond acceptors (Lipinski definition) is 3. The molecule has 1 aromatic rings. The van der Waals surface area contributed by atoms with Gasteiger partial charge in [-0.15, -0.1) is 0 Å². The molecule has 18 heavy (non-hydrogen) atoms. The molecule has 2 amide bonds. The van der Waals surface area contributed by atoms with E-state index in [1.807, 2.05) is 30.3 Å². The molecule has 0 spiro atoms. The third-order valence-corrected chi connectivity index (χ3v) is 4.51. The van der Waals surface area contributed by atoms with E-state index in [1.54, 1.807) is 0 Å². The third-order valence-electron chi connectivity index (χ3n) is 4.51. The van der Waals surface area contributed by atoms with Crippen LogP contribution >= 0.6 is 0 Å². The number of para-hydroxylation sites is 1. The first kappa shape index (κ1) is 10.3. The van der Waals surface area contributed by atoms with Gasteiger partial charge in [0.2, 0.25) is 11.8 Å². The number of benzene rings is 1. The molecule has 1 saturated carbocycles. The van der Waals surface area contributed by atoms with Gasteiger partial charge in [0.25, 0.3) is 0 Å². The Morgan fingerprint density at radius 1 is 0.944 bits per heavy atom. The van der Waals surface area contributed by atoms with Gasteiger partial charge in [0.1, 0.15) is 0 Å². The highest BCUT2D eigenvalue weighted by atomic mass is 16.5. The molecule has 4 rings (SSSR count). The van der Waals surface area contributed by atoms with Gasteiger partial charge in [-0.05, 0) is 12.1 Å². The zero-order chi connectivity index (χ0) is 12.3. The highest BCUT2D eigenvalue weighted by Crippen LogP contribution is 2.55. The summed E-state index contributed by atoms with van der Waals surface area (Å²) in [5.74, 6) is 0.182. The van der Waals surface area contributed by atoms with Gasteiger partial charge >= 0.3 is 0 Å². The summed E-state index contributed by atoms with van der Waals surface area (Å²) in [7, 11) is 0. The van der Waals surface area contributed by atoms with E-state index in [0.29, 0.717) is 18.9 Å². The second kappa shape index (κ2) is 3.42. The molecule has 0 radical (unpaired) electrons. The van der Waals surface area contributed by atoms with Crippen LogP contribution in [-0.2, 0) is 14.3 Å². The van der Waals surface area contributed by atoms with Crippen LogP contribution in [0.25, 0.3) is 0 Å². The van der Waals surface area contributed by atoms with E-state index in [4.69, 9.17) is 4.74 Å². The van der Waals surface area contributed by atoms with Crippen LogP contribution in [0.4, 0.5) is 5.69 Å². The lowest BCUT2D eigenvalue weighted by Gasteiger charge is -2.39. The molecule has 1 aliphatic carbocycles. The van der Waals surface area contributed by atoms with Gasteiger partial charge in [-0.1, -0.05) is 18.2 Å². The van der Waals surface area contributed by atoms with Crippen molar-refractivity contribution in [2.24, 2.45) is 23.7 Å². The maximum atomic E-state index is 12.4. The number of ether oxygens (including phenoxy) is 1. The van der Waals surface area contributed by atoms with Crippen LogP contribution in [0.15, 0.2) is 30.3 Å². The predicted octanol–water partition coefficient (Wildman–Crippen LogP) is 1.07. The van der Waals surface area contributed by atoms with Crippen molar-refractivity contribution in [3.05, 3.63) is 30.3 Å². The Kier molecular flexibility index (Phi) is 1.95. The zero-order valence-corrected chi connectivity index (χ0v) is 9.78. The predicted molar refractivity (Wildman–Crippen MR) is 63.7 cm³/mol. The first-order valence-corrected chi connectivity index (χ1v) is 6.29. The van der Waals surface area contributed by atoms with Crippen LogP contribution in [0.1, 0.15) is 0 Å². The van der Waals surface area contributed by atoms with Crippen molar-refractivity contribution in [2.45, 2.75) is 0 Å². The Hall–Kier alpha value is -1.68. The second-order valence-electron chi connectivity index (χ2n) is 5.26. The number of fused-ring (bicyclic) bond motifs is 4. The van der Waals surface area contributed by atoms with Crippen LogP contribution < -0.4 is 4.90 Å². The van der Waals surface area contributed by atoms with E-state index in [0.717, 1.165) is 0 Å². The fourth-order valence-electron chi connectivity index (χ4n) is 3.63. The average molecular weight is 243 g/mol. The zero-order valence-electron chi connectivity index (χ0n) is 9.78. The lowest BCUT2D eigenvalue weighted by Crippen LogP contribution is -2.47. The van der Waals surface area contributed by atoms with Crippen molar-refractivity contribution >= 4 is 17.5 Å². The van der Waals surface area contributed by atoms with Crippen LogP contribution in [0.5, 0.6) is 0 Å². The van der Waals surface area contributed by atoms with E-state index in [9.17, 15) is 9.59 Å². The SMILES string of the molecule is O=C1[C@@H]2[C@H]3COC[C@H]3[C@@H]2C(=O)N1c1ccccc1. The summed E-state index contributed by atoms with van der Waals surface area (Å²) in [6.07, 6.45) is 0. The largest absolute Gasteiger partial charge is 0.381 e. The highest BCUT2D eigenvalue weighted by molar-refractivity contribution is 6.23. The Morgan fingerprint density at radius 2 is 1.50 bits per heavy atom. The topological polar surface area (TPSA) is 46.6 Å². The monoisotopic (exact) mass is 243 g/mol. The smallest absolute Gasteiger partial charge is 0.238 e. The van der Waals surface area contributed by atoms with Gasteiger partial charge in [-0.3, -0.25) is 14.5 Å². The van der Waals surface area contributed by atoms with Gasteiger partial charge in [0.15, 0.2) is 0 Å². The Morgan fingerprint density at radius 3 is 2.06 bits per heavy atom. The number of rotatable bonds is 1. The van der Waals surface area contributed by atoms with Crippen LogP contribution in [0.3, 0.4) is 0 Å². The Balaban J connectivity index is 1.72. The van der Waals surface area contributed by atoms with Crippen molar-refractivity contribution in [1.29, 1.82) is 0 Å². The van der Waals surface area contributed by atoms with E-state index in [-0.39, 0.29) is 35.5 Å². The fraction of sp³-hybridized carbons (Fsp3) is 0.429. The summed E-state index contributed by atoms with van der Waals surface area (Å²) in [5.41, 5.74) is 0.695. The van der Waals surface area contributed by atoms with Crippen LogP contribution in [0.2, 0.25) is 0 Å². The molecule has 4 atom stereocenters. The number of amides is 2. The molecule has 92 valence electrons. The average Bonchev–Trinajstić information content (AvgIpc) is 2.83. The van der Waals surface area contributed by atoms with Gasteiger partial charge in [-0.2, -0.15) is 0 Å². The quantitative estimate of drug-likeness (QED) is 0.693. The molecule has 0 aromatic heterocycles. The molecule has 3 fully saturated rings. The molecular formula is C14H13NO3. The minimum Gasteiger partial charge on any atom is -0.381 e. The minimum absolute atomic E-state index is 0.0389. The fourth-order valence-corrected chi connectivity index (χ4v) is 3.63. The number of hydrogen-bond donors (Lipinski definition) is 0. The summed E-state index contributed by atoms with van der Waals surface area (Å²) >= 11 is 0. The maximum Gasteiger partial charge on any atom is 0.238 e. The summed E-state index contributed by atoms with van der Waals surface area (Å²) in [4.78, 5) is 26.1. The molecule has 0 N–H and O–H groups in total. The first-order valence-electron chi connectivity index (χ1n) is 6.29. The lowest BCUT2D eigenvalue weighted by atomic mass is 9.59. The number of imide groups is 1. The molecule has 2 aliphatic heterocycles. The lowest BCUT2D eigenvalue weighted by molar-refractivity contribution is -0.132. The molecule has 1 aromatic carbocycles. The van der Waals surface area contributed by atoms with E-state index in [2.05, 4.69) is 0 Å². The van der Waals surface area contributed by atoms with Crippen molar-refractivity contribution in [3.8, 4) is 0 Å². The maximum absolute atomic E-state index is 12.4. The Labute approximate surface area is 105 Å². The molecule has 4 nitrogen and oxygen atoms in total. The molecular weight excluding hydrogens is 230 g/mol. The van der Waals surface area contributed by atoms with Crippen LogP contribution in [0, 0.1) is 23.7 Å². The number of anilines is 1. The number of nitrogens with zero attached hydrogens (tertiary/aromatic N) is 1. The normalized spacial score (nSPS) is 37.4. The first-order chi connectivity index (χ1) is 8.79. The van der Waals surface area contributed by atoms with Gasteiger partial charge in [-0.25, -0.2) is 0 Å². The standard InChI is InChI=1S/C14H13NO3/c16-13-11-9-6-18-7-10(9)12(11)14(17)15(13)8-4-2-1-3-5-8/h1-5,9-12H,6-7H2/t9-,10+,11+,12-. The van der Waals surface area contributed by atoms with Crippen LogP contribution in [-0.4, -0.2) is 25.0 Å². The second-order valence-corrected chi connectivity index (χ2v) is 5.26. The van der Waals surface area contributed by atoms with Crippen molar-refractivity contribution < 1.29 is 14.3 Å². The molecule has 2 saturated heterocycles. The molecule has 2 heterocycles. The summed E-state index contributed by atoms with van der Waals surface area (Å²) in [6, 6.07) is 9.20. The summed E-state index contributed by atoms with van der Waals surface area (Å²) < 4.78 is 5.38. The Bertz CT molecular complexity index is 499. The van der Waals surface area contributed by atoms with E-state index >= 15 is 0 Å². The third kappa shape index (κ3) is 1.09. The number of carbonyl (C=O) groups is 2. The van der Waals surface area contributed by atoms with Gasteiger partial charge < -0.3 is 4.74 Å². The van der Waals surface area contributed by atoms with Crippen molar-refractivity contribution in [3.63, 3.8) is 0 Å². The van der Waals surface area contributed by atoms with E-state index < -0.39 is 0 Å². The summed E-state index contributed by atoms with van der Waals surface area (Å²) in [6.45, 7) is 1.26. The molecule has 3 aliphatic rings. The highest BCUT2D eigenvalue weighted by Gasteiger charge is 2.66. The van der Waals surface area contributed by atoms with Gasteiger partial charge in [0.05, 0.1) is 30.7 Å². The number of carbonyl (C=O) groups excluding carboxylic acids is 2. The van der Waals surface area contributed by atoms with Crippen molar-refractivity contribution in [2.75, 3.05) is 18.1 Å². The van der Waals surface area contributed by atoms with Gasteiger partial charge in [0, 0.05) is 11.8 Å². The molecule has 0 bridgehead atoms. The minimum atomic E-state index is -0.134. The van der Waals surface area contributed by atoms with E-state index in [1.165, 1.54) is 4.90 Å². The molecule has 4 heteroatoms. The van der Waals surface area contributed by atoms with Crippen molar-refractivity contribution in [1.82, 2.24) is 0 Å². The summed E-state index contributed by atoms with van der Waals surface area (Å²) in [5, 5.41) is 0.